The Morgan fingerprint density at radius 1 is 0.920 bits per heavy atom. The van der Waals surface area contributed by atoms with Gasteiger partial charge in [-0.3, -0.25) is 19.3 Å². The summed E-state index contributed by atoms with van der Waals surface area (Å²) in [5.41, 5.74) is 1.80. The van der Waals surface area contributed by atoms with Gasteiger partial charge in [0.2, 0.25) is 0 Å². The van der Waals surface area contributed by atoms with Crippen molar-refractivity contribution in [1.82, 2.24) is 4.90 Å². The van der Waals surface area contributed by atoms with E-state index in [2.05, 4.69) is 0 Å². The summed E-state index contributed by atoms with van der Waals surface area (Å²) in [4.78, 5) is 48.4. The average molecular weight is 337 g/mol. The molecule has 0 bridgehead atoms. The first-order valence-electron chi connectivity index (χ1n) is 7.68. The number of amides is 2. The summed E-state index contributed by atoms with van der Waals surface area (Å²) in [6.07, 6.45) is 0. The Labute approximate surface area is 144 Å². The maximum atomic E-state index is 12.3. The van der Waals surface area contributed by atoms with E-state index in [0.717, 1.165) is 0 Å². The van der Waals surface area contributed by atoms with Crippen LogP contribution in [0.4, 0.5) is 0 Å². The number of fused-ring (bicyclic) bond motifs is 1. The molecule has 0 spiro atoms. The molecule has 1 aliphatic rings. The summed E-state index contributed by atoms with van der Waals surface area (Å²) < 4.78 is 4.83. The number of Topliss-reactive ketones (excluding diaryl/α,β-unsaturated/α-hetero) is 1. The second-order valence-corrected chi connectivity index (χ2v) is 5.72. The van der Waals surface area contributed by atoms with Crippen molar-refractivity contribution < 1.29 is 23.9 Å². The molecule has 0 radical (unpaired) electrons. The minimum Gasteiger partial charge on any atom is -0.454 e. The van der Waals surface area contributed by atoms with Gasteiger partial charge in [-0.05, 0) is 36.8 Å². The van der Waals surface area contributed by atoms with Gasteiger partial charge in [-0.2, -0.15) is 0 Å². The molecule has 1 heterocycles. The van der Waals surface area contributed by atoms with E-state index < -0.39 is 5.97 Å². The van der Waals surface area contributed by atoms with Gasteiger partial charge in [0.05, 0.1) is 23.2 Å². The van der Waals surface area contributed by atoms with Crippen LogP contribution in [0, 0.1) is 0 Å². The first-order valence-corrected chi connectivity index (χ1v) is 7.68. The molecule has 0 atom stereocenters. The number of ketones is 1. The fraction of sp³-hybridized carbons (Fsp3) is 0.158. The number of carbonyl (C=O) groups excluding carboxylic acids is 4. The molecule has 0 saturated carbocycles. The molecule has 1 aliphatic heterocycles. The van der Waals surface area contributed by atoms with Crippen molar-refractivity contribution in [3.63, 3.8) is 0 Å². The van der Waals surface area contributed by atoms with Crippen LogP contribution in [0.5, 0.6) is 0 Å². The van der Waals surface area contributed by atoms with Gasteiger partial charge in [-0.1, -0.05) is 24.3 Å². The zero-order chi connectivity index (χ0) is 18.0. The number of imide groups is 1. The van der Waals surface area contributed by atoms with Gasteiger partial charge in [0.15, 0.2) is 5.78 Å². The highest BCUT2D eigenvalue weighted by Crippen LogP contribution is 2.24. The molecule has 0 fully saturated rings. The Morgan fingerprint density at radius 2 is 1.48 bits per heavy atom. The zero-order valence-corrected chi connectivity index (χ0v) is 13.5. The van der Waals surface area contributed by atoms with Crippen molar-refractivity contribution in [2.45, 2.75) is 13.5 Å². The molecule has 6 nitrogen and oxygen atoms in total. The fourth-order valence-electron chi connectivity index (χ4n) is 2.56. The normalized spacial score (nSPS) is 12.9. The second kappa shape index (κ2) is 6.68. The molecule has 2 aromatic carbocycles. The average Bonchev–Trinajstić information content (AvgIpc) is 2.85. The molecule has 0 unspecified atom stereocenters. The molecule has 0 aliphatic carbocycles. The quantitative estimate of drug-likeness (QED) is 0.617. The highest BCUT2D eigenvalue weighted by molar-refractivity contribution is 6.21. The van der Waals surface area contributed by atoms with Crippen molar-refractivity contribution in [3.8, 4) is 0 Å². The van der Waals surface area contributed by atoms with Gasteiger partial charge >= 0.3 is 5.97 Å². The third-order valence-electron chi connectivity index (χ3n) is 3.82. The van der Waals surface area contributed by atoms with E-state index in [9.17, 15) is 19.2 Å². The summed E-state index contributed by atoms with van der Waals surface area (Å²) in [5.74, 6) is -1.49. The van der Waals surface area contributed by atoms with Crippen LogP contribution < -0.4 is 0 Å². The Bertz CT molecular complexity index is 835. The molecule has 25 heavy (non-hydrogen) atoms. The number of ether oxygens (including phenoxy) is 1. The number of benzene rings is 2. The van der Waals surface area contributed by atoms with E-state index in [0.29, 0.717) is 22.3 Å². The van der Waals surface area contributed by atoms with Gasteiger partial charge in [0.1, 0.15) is 6.61 Å². The van der Waals surface area contributed by atoms with Gasteiger partial charge in [-0.25, -0.2) is 4.79 Å². The highest BCUT2D eigenvalue weighted by Gasteiger charge is 2.34. The molecule has 2 aromatic rings. The third kappa shape index (κ3) is 3.33. The van der Waals surface area contributed by atoms with Gasteiger partial charge < -0.3 is 4.74 Å². The summed E-state index contributed by atoms with van der Waals surface area (Å²) in [6, 6.07) is 13.1. The van der Waals surface area contributed by atoms with Crippen LogP contribution >= 0.6 is 0 Å². The first kappa shape index (κ1) is 16.6. The second-order valence-electron chi connectivity index (χ2n) is 5.72. The summed E-state index contributed by atoms with van der Waals surface area (Å²) in [7, 11) is 0. The monoisotopic (exact) mass is 337 g/mol. The van der Waals surface area contributed by atoms with Crippen molar-refractivity contribution in [2.24, 2.45) is 0 Å². The van der Waals surface area contributed by atoms with Crippen LogP contribution in [0.15, 0.2) is 48.5 Å². The third-order valence-corrected chi connectivity index (χ3v) is 3.82. The lowest BCUT2D eigenvalue weighted by atomic mass is 10.1. The minimum atomic E-state index is -0.595. The Kier molecular flexibility index (Phi) is 4.43. The fourth-order valence-corrected chi connectivity index (χ4v) is 2.56. The Balaban J connectivity index is 1.70. The molecule has 3 rings (SSSR count). The molecular formula is C19H15NO5. The van der Waals surface area contributed by atoms with Gasteiger partial charge in [0.25, 0.3) is 11.8 Å². The number of hydrogen-bond acceptors (Lipinski definition) is 5. The highest BCUT2D eigenvalue weighted by atomic mass is 16.5. The Hall–Kier alpha value is -3.28. The van der Waals surface area contributed by atoms with E-state index in [1.807, 2.05) is 0 Å². The van der Waals surface area contributed by atoms with Gasteiger partial charge in [-0.15, -0.1) is 0 Å². The molecule has 0 aromatic heterocycles. The molecule has 0 saturated heterocycles. The van der Waals surface area contributed by atoms with E-state index in [-0.39, 0.29) is 30.7 Å². The summed E-state index contributed by atoms with van der Waals surface area (Å²) >= 11 is 0. The molecule has 2 amide bonds. The van der Waals surface area contributed by atoms with Crippen LogP contribution in [0.1, 0.15) is 43.6 Å². The maximum absolute atomic E-state index is 12.3. The maximum Gasteiger partial charge on any atom is 0.338 e. The van der Waals surface area contributed by atoms with Crippen molar-refractivity contribution >= 4 is 23.6 Å². The number of carbonyl (C=O) groups is 4. The predicted molar refractivity (Wildman–Crippen MR) is 88.1 cm³/mol. The minimum absolute atomic E-state index is 0.120. The number of nitrogens with zero attached hydrogens (tertiary/aromatic N) is 1. The molecular weight excluding hydrogens is 322 g/mol. The number of hydrogen-bond donors (Lipinski definition) is 0. The van der Waals surface area contributed by atoms with E-state index in [1.54, 1.807) is 36.4 Å². The lowest BCUT2D eigenvalue weighted by molar-refractivity contribution is -0.120. The van der Waals surface area contributed by atoms with Crippen molar-refractivity contribution in [1.29, 1.82) is 0 Å². The number of esters is 1. The smallest absolute Gasteiger partial charge is 0.338 e. The molecule has 126 valence electrons. The van der Waals surface area contributed by atoms with Gasteiger partial charge in [0, 0.05) is 0 Å². The lowest BCUT2D eigenvalue weighted by Crippen LogP contribution is -2.29. The first-order chi connectivity index (χ1) is 12.0. The van der Waals surface area contributed by atoms with Crippen molar-refractivity contribution in [2.75, 3.05) is 6.61 Å². The van der Waals surface area contributed by atoms with Crippen LogP contribution in [-0.4, -0.2) is 35.1 Å². The van der Waals surface area contributed by atoms with Crippen LogP contribution in [-0.2, 0) is 16.1 Å². The SMILES string of the molecule is CC(=O)COC(=O)c1ccc(CN2C(=O)c3ccccc3C2=O)cc1. The van der Waals surface area contributed by atoms with E-state index in [4.69, 9.17) is 4.74 Å². The van der Waals surface area contributed by atoms with E-state index in [1.165, 1.54) is 24.0 Å². The van der Waals surface area contributed by atoms with Crippen LogP contribution in [0.3, 0.4) is 0 Å². The van der Waals surface area contributed by atoms with Crippen LogP contribution in [0.25, 0.3) is 0 Å². The predicted octanol–water partition coefficient (Wildman–Crippen LogP) is 2.23. The zero-order valence-electron chi connectivity index (χ0n) is 13.5. The van der Waals surface area contributed by atoms with E-state index >= 15 is 0 Å². The van der Waals surface area contributed by atoms with Crippen LogP contribution in [0.2, 0.25) is 0 Å². The van der Waals surface area contributed by atoms with Crippen molar-refractivity contribution in [3.05, 3.63) is 70.8 Å². The topological polar surface area (TPSA) is 80.8 Å². The number of rotatable bonds is 5. The summed E-state index contributed by atoms with van der Waals surface area (Å²) in [5, 5.41) is 0. The lowest BCUT2D eigenvalue weighted by Gasteiger charge is -2.14. The molecule has 6 heteroatoms. The standard InChI is InChI=1S/C19H15NO5/c1-12(21)11-25-19(24)14-8-6-13(7-9-14)10-20-17(22)15-4-2-3-5-16(15)18(20)23/h2-9H,10-11H2,1H3. The largest absolute Gasteiger partial charge is 0.454 e. The molecule has 0 N–H and O–H groups in total. The summed E-state index contributed by atoms with van der Waals surface area (Å²) in [6.45, 7) is 1.18. The Morgan fingerprint density at radius 3 is 2.00 bits per heavy atom.